The fraction of sp³-hybridized carbons (Fsp3) is 0.107. The number of hydrogen-bond acceptors (Lipinski definition) is 3. The van der Waals surface area contributed by atoms with Crippen LogP contribution < -0.4 is 5.73 Å². The maximum Gasteiger partial charge on any atom is 0.322 e. The lowest BCUT2D eigenvalue weighted by Crippen LogP contribution is -2.33. The number of carbonyl (C=O) groups is 1. The molecule has 0 bridgehead atoms. The maximum atomic E-state index is 11.0. The van der Waals surface area contributed by atoms with Crippen molar-refractivity contribution in [3.63, 3.8) is 0 Å². The minimum atomic E-state index is -0.563. The van der Waals surface area contributed by atoms with Crippen molar-refractivity contribution in [3.8, 4) is 0 Å². The Labute approximate surface area is 182 Å². The Balaban J connectivity index is 0.000000159. The van der Waals surface area contributed by atoms with Gasteiger partial charge in [-0.3, -0.25) is 4.79 Å². The van der Waals surface area contributed by atoms with Crippen LogP contribution in [0.15, 0.2) is 103 Å². The van der Waals surface area contributed by atoms with Crippen LogP contribution in [0.4, 0.5) is 0 Å². The first kappa shape index (κ1) is 20.6. The number of rotatable bonds is 3. The number of fused-ring (bicyclic) bond motifs is 5. The zero-order valence-corrected chi connectivity index (χ0v) is 17.5. The number of carbonyl (C=O) groups excluding carboxylic acids is 1. The van der Waals surface area contributed by atoms with Crippen LogP contribution in [0, 0.1) is 0 Å². The van der Waals surface area contributed by atoms with Crippen molar-refractivity contribution in [2.45, 2.75) is 12.5 Å². The molecule has 5 aromatic rings. The summed E-state index contributed by atoms with van der Waals surface area (Å²) in [5.41, 5.74) is 6.63. The fourth-order valence-corrected chi connectivity index (χ4v) is 3.87. The van der Waals surface area contributed by atoms with Gasteiger partial charge in [-0.2, -0.15) is 0 Å². The fourth-order valence-electron chi connectivity index (χ4n) is 3.87. The van der Waals surface area contributed by atoms with Crippen LogP contribution in [-0.2, 0) is 16.0 Å². The number of ether oxygens (including phenoxy) is 1. The summed E-state index contributed by atoms with van der Waals surface area (Å²) in [6.07, 6.45) is 0.521. The molecule has 0 saturated carbocycles. The largest absolute Gasteiger partial charge is 0.468 e. The van der Waals surface area contributed by atoms with Crippen molar-refractivity contribution in [1.82, 2.24) is 0 Å². The van der Waals surface area contributed by atoms with Gasteiger partial charge in [-0.25, -0.2) is 0 Å². The molecule has 0 saturated heterocycles. The van der Waals surface area contributed by atoms with Crippen LogP contribution in [0.2, 0.25) is 0 Å². The summed E-state index contributed by atoms with van der Waals surface area (Å²) in [7, 11) is 1.34. The second-order valence-electron chi connectivity index (χ2n) is 7.49. The van der Waals surface area contributed by atoms with E-state index in [4.69, 9.17) is 5.73 Å². The quantitative estimate of drug-likeness (QED) is 0.300. The van der Waals surface area contributed by atoms with Crippen LogP contribution in [0.1, 0.15) is 5.56 Å². The van der Waals surface area contributed by atoms with Gasteiger partial charge in [-0.05, 0) is 44.3 Å². The average molecular weight is 408 g/mol. The van der Waals surface area contributed by atoms with Crippen molar-refractivity contribution in [3.05, 3.63) is 109 Å². The molecule has 31 heavy (non-hydrogen) atoms. The highest BCUT2D eigenvalue weighted by Gasteiger charge is 2.13. The van der Waals surface area contributed by atoms with Crippen LogP contribution in [-0.4, -0.2) is 19.1 Å². The van der Waals surface area contributed by atoms with E-state index < -0.39 is 6.04 Å². The predicted octanol–water partition coefficient (Wildman–Crippen LogP) is 5.88. The topological polar surface area (TPSA) is 52.3 Å². The Morgan fingerprint density at radius 1 is 0.677 bits per heavy atom. The molecule has 0 aliphatic rings. The third-order valence-electron chi connectivity index (χ3n) is 5.45. The Morgan fingerprint density at radius 3 is 1.68 bits per heavy atom. The van der Waals surface area contributed by atoms with Crippen molar-refractivity contribution < 1.29 is 9.53 Å². The molecule has 1 atom stereocenters. The SMILES string of the molecule is COC(=O)C(N)Cc1ccccc1.c1ccc2c(c1)ccc1c3ccccc3ccc21. The molecule has 0 amide bonds. The highest BCUT2D eigenvalue weighted by Crippen LogP contribution is 2.30. The lowest BCUT2D eigenvalue weighted by atomic mass is 9.97. The van der Waals surface area contributed by atoms with E-state index in [0.717, 1.165) is 5.56 Å². The van der Waals surface area contributed by atoms with Crippen LogP contribution in [0.5, 0.6) is 0 Å². The highest BCUT2D eigenvalue weighted by atomic mass is 16.5. The molecule has 154 valence electrons. The summed E-state index contributed by atoms with van der Waals surface area (Å²) in [4.78, 5) is 11.0. The van der Waals surface area contributed by atoms with Gasteiger partial charge >= 0.3 is 5.97 Å². The zero-order valence-electron chi connectivity index (χ0n) is 17.5. The van der Waals surface area contributed by atoms with Crippen LogP contribution in [0.3, 0.4) is 0 Å². The Kier molecular flexibility index (Phi) is 6.25. The molecule has 0 fully saturated rings. The van der Waals surface area contributed by atoms with E-state index in [-0.39, 0.29) is 5.97 Å². The zero-order chi connectivity index (χ0) is 21.6. The molecule has 1 unspecified atom stereocenters. The molecule has 0 aliphatic carbocycles. The third-order valence-corrected chi connectivity index (χ3v) is 5.45. The van der Waals surface area contributed by atoms with Gasteiger partial charge in [0.25, 0.3) is 0 Å². The predicted molar refractivity (Wildman–Crippen MR) is 129 cm³/mol. The summed E-state index contributed by atoms with van der Waals surface area (Å²) in [6.45, 7) is 0. The van der Waals surface area contributed by atoms with Crippen molar-refractivity contribution >= 4 is 38.3 Å². The maximum absolute atomic E-state index is 11.0. The number of methoxy groups -OCH3 is 1. The van der Waals surface area contributed by atoms with E-state index in [1.54, 1.807) is 0 Å². The first-order chi connectivity index (χ1) is 15.2. The second-order valence-corrected chi connectivity index (χ2v) is 7.49. The summed E-state index contributed by atoms with van der Waals surface area (Å²) >= 11 is 0. The summed E-state index contributed by atoms with van der Waals surface area (Å²) in [5, 5.41) is 7.96. The first-order valence-electron chi connectivity index (χ1n) is 10.3. The average Bonchev–Trinajstić information content (AvgIpc) is 2.84. The molecule has 0 radical (unpaired) electrons. The second kappa shape index (κ2) is 9.41. The molecule has 3 heteroatoms. The molecule has 0 aromatic heterocycles. The van der Waals surface area contributed by atoms with Gasteiger partial charge in [0.1, 0.15) is 6.04 Å². The lowest BCUT2D eigenvalue weighted by Gasteiger charge is -2.08. The van der Waals surface area contributed by atoms with E-state index in [1.165, 1.54) is 39.4 Å². The summed E-state index contributed by atoms with van der Waals surface area (Å²) < 4.78 is 4.52. The molecule has 0 heterocycles. The van der Waals surface area contributed by atoms with Gasteiger partial charge in [-0.15, -0.1) is 0 Å². The minimum absolute atomic E-state index is 0.371. The van der Waals surface area contributed by atoms with E-state index in [9.17, 15) is 4.79 Å². The Hall–Kier alpha value is -3.69. The Morgan fingerprint density at radius 2 is 1.16 bits per heavy atom. The van der Waals surface area contributed by atoms with Crippen molar-refractivity contribution in [1.29, 1.82) is 0 Å². The van der Waals surface area contributed by atoms with Gasteiger partial charge < -0.3 is 10.5 Å². The van der Waals surface area contributed by atoms with E-state index in [1.807, 2.05) is 30.3 Å². The number of esters is 1. The molecule has 0 aliphatic heterocycles. The normalized spacial score (nSPS) is 11.7. The van der Waals surface area contributed by atoms with E-state index in [0.29, 0.717) is 6.42 Å². The van der Waals surface area contributed by atoms with Gasteiger partial charge in [0.05, 0.1) is 7.11 Å². The summed E-state index contributed by atoms with van der Waals surface area (Å²) in [5.74, 6) is -0.371. The monoisotopic (exact) mass is 407 g/mol. The summed E-state index contributed by atoms with van der Waals surface area (Å²) in [6, 6.07) is 35.1. The van der Waals surface area contributed by atoms with Crippen LogP contribution in [0.25, 0.3) is 32.3 Å². The smallest absolute Gasteiger partial charge is 0.322 e. The number of benzene rings is 5. The van der Waals surface area contributed by atoms with Crippen molar-refractivity contribution in [2.75, 3.05) is 7.11 Å². The van der Waals surface area contributed by atoms with Gasteiger partial charge in [0.2, 0.25) is 0 Å². The third kappa shape index (κ3) is 4.57. The van der Waals surface area contributed by atoms with E-state index in [2.05, 4.69) is 77.5 Å². The number of nitrogens with two attached hydrogens (primary N) is 1. The van der Waals surface area contributed by atoms with E-state index >= 15 is 0 Å². The van der Waals surface area contributed by atoms with Crippen molar-refractivity contribution in [2.24, 2.45) is 5.73 Å². The van der Waals surface area contributed by atoms with Gasteiger partial charge in [-0.1, -0.05) is 103 Å². The van der Waals surface area contributed by atoms with Gasteiger partial charge in [0, 0.05) is 0 Å². The molecule has 3 nitrogen and oxygen atoms in total. The molecule has 5 rings (SSSR count). The molecule has 2 N–H and O–H groups in total. The molecule has 5 aromatic carbocycles. The molecular weight excluding hydrogens is 382 g/mol. The molecule has 0 spiro atoms. The molecular formula is C28H25NO2. The number of hydrogen-bond donors (Lipinski definition) is 1. The lowest BCUT2D eigenvalue weighted by molar-refractivity contribution is -0.142. The van der Waals surface area contributed by atoms with Crippen LogP contribution >= 0.6 is 0 Å². The standard InChI is InChI=1S/C18H12.C10H13NO2/c1-3-7-15-13(5-1)9-11-18-16-8-4-2-6-14(16)10-12-17(15)18;1-13-10(12)9(11)7-8-5-3-2-4-6-8/h1-12H;2-6,9H,7,11H2,1H3. The first-order valence-corrected chi connectivity index (χ1v) is 10.3. The van der Waals surface area contributed by atoms with Gasteiger partial charge in [0.15, 0.2) is 0 Å². The minimum Gasteiger partial charge on any atom is -0.468 e. The Bertz CT molecular complexity index is 1250. The highest BCUT2D eigenvalue weighted by molar-refractivity contribution is 6.17.